The number of rotatable bonds is 1. The van der Waals surface area contributed by atoms with E-state index in [0.29, 0.717) is 0 Å². The first-order valence-corrected chi connectivity index (χ1v) is 3.58. The number of halogens is 3. The van der Waals surface area contributed by atoms with Crippen molar-refractivity contribution >= 4 is 5.97 Å². The lowest BCUT2D eigenvalue weighted by Crippen LogP contribution is -2.08. The molecule has 1 aromatic rings. The lowest BCUT2D eigenvalue weighted by atomic mass is 10.2. The van der Waals surface area contributed by atoms with Gasteiger partial charge in [0.1, 0.15) is 5.69 Å². The van der Waals surface area contributed by atoms with Crippen LogP contribution < -0.4 is 0 Å². The highest BCUT2D eigenvalue weighted by molar-refractivity contribution is 5.88. The summed E-state index contributed by atoms with van der Waals surface area (Å²) in [5, 5.41) is 4.99. The van der Waals surface area contributed by atoms with Gasteiger partial charge in [0.05, 0.1) is 7.11 Å². The number of alkyl halides is 3. The highest BCUT2D eigenvalue weighted by Gasteiger charge is 2.37. The summed E-state index contributed by atoms with van der Waals surface area (Å²) < 4.78 is 40.8. The summed E-state index contributed by atoms with van der Waals surface area (Å²) in [6.45, 7) is 1.15. The molecule has 4 nitrogen and oxygen atoms in total. The summed E-state index contributed by atoms with van der Waals surface area (Å²) in [6.07, 6.45) is -4.56. The van der Waals surface area contributed by atoms with Crippen molar-refractivity contribution in [3.8, 4) is 0 Å². The summed E-state index contributed by atoms with van der Waals surface area (Å²) in [5.41, 5.74) is -1.64. The first kappa shape index (κ1) is 10.6. The Balaban J connectivity index is 3.15. The van der Waals surface area contributed by atoms with E-state index in [4.69, 9.17) is 0 Å². The highest BCUT2D eigenvalue weighted by Crippen LogP contribution is 2.31. The standard InChI is InChI=1S/C7H7F3N2O2/c1-3-4(6(13)14-2)11-12-5(3)7(8,9)10/h1-2H3,(H,11,12). The molecule has 0 aliphatic carbocycles. The second-order valence-corrected chi connectivity index (χ2v) is 2.56. The summed E-state index contributed by atoms with van der Waals surface area (Å²) in [7, 11) is 1.08. The van der Waals surface area contributed by atoms with Crippen molar-refractivity contribution in [1.29, 1.82) is 0 Å². The number of aromatic nitrogens is 2. The average Bonchev–Trinajstić information content (AvgIpc) is 2.45. The molecule has 0 fully saturated rings. The van der Waals surface area contributed by atoms with Crippen LogP contribution in [0.2, 0.25) is 0 Å². The van der Waals surface area contributed by atoms with Crippen molar-refractivity contribution in [2.75, 3.05) is 7.11 Å². The molecular formula is C7H7F3N2O2. The first-order chi connectivity index (χ1) is 6.38. The fourth-order valence-electron chi connectivity index (χ4n) is 0.975. The SMILES string of the molecule is COC(=O)c1[nH]nc(C(F)(F)F)c1C. The lowest BCUT2D eigenvalue weighted by Gasteiger charge is -2.02. The number of carbonyl (C=O) groups excluding carboxylic acids is 1. The molecule has 0 saturated heterocycles. The van der Waals surface area contributed by atoms with Crippen LogP contribution in [0.25, 0.3) is 0 Å². The second kappa shape index (κ2) is 3.32. The molecule has 0 radical (unpaired) electrons. The quantitative estimate of drug-likeness (QED) is 0.712. The number of esters is 1. The van der Waals surface area contributed by atoms with Gasteiger partial charge in [-0.1, -0.05) is 0 Å². The largest absolute Gasteiger partial charge is 0.464 e. The summed E-state index contributed by atoms with van der Waals surface area (Å²) in [6, 6.07) is 0. The van der Waals surface area contributed by atoms with Crippen LogP contribution in [0.4, 0.5) is 13.2 Å². The number of methoxy groups -OCH3 is 1. The topological polar surface area (TPSA) is 55.0 Å². The van der Waals surface area contributed by atoms with Gasteiger partial charge in [0.15, 0.2) is 5.69 Å². The van der Waals surface area contributed by atoms with Crippen molar-refractivity contribution in [2.24, 2.45) is 0 Å². The molecule has 0 aliphatic heterocycles. The van der Waals surface area contributed by atoms with Crippen LogP contribution in [0.1, 0.15) is 21.7 Å². The molecule has 0 amide bonds. The van der Waals surface area contributed by atoms with Gasteiger partial charge in [-0.3, -0.25) is 5.10 Å². The smallest absolute Gasteiger partial charge is 0.435 e. The van der Waals surface area contributed by atoms with Crippen LogP contribution in [0.15, 0.2) is 0 Å². The van der Waals surface area contributed by atoms with Gasteiger partial charge >= 0.3 is 12.1 Å². The number of H-pyrrole nitrogens is 1. The Morgan fingerprint density at radius 3 is 2.43 bits per heavy atom. The molecule has 0 aromatic carbocycles. The predicted octanol–water partition coefficient (Wildman–Crippen LogP) is 1.52. The van der Waals surface area contributed by atoms with Gasteiger partial charge in [-0.05, 0) is 6.92 Å². The Bertz CT molecular complexity index is 356. The number of hydrogen-bond acceptors (Lipinski definition) is 3. The van der Waals surface area contributed by atoms with Gasteiger partial charge in [0, 0.05) is 5.56 Å². The van der Waals surface area contributed by atoms with Gasteiger partial charge in [-0.15, -0.1) is 0 Å². The summed E-state index contributed by atoms with van der Waals surface area (Å²) >= 11 is 0. The molecular weight excluding hydrogens is 201 g/mol. The van der Waals surface area contributed by atoms with E-state index in [0.717, 1.165) is 14.0 Å². The number of nitrogens with zero attached hydrogens (tertiary/aromatic N) is 1. The van der Waals surface area contributed by atoms with Gasteiger partial charge in [0.25, 0.3) is 0 Å². The van der Waals surface area contributed by atoms with E-state index in [1.165, 1.54) is 0 Å². The molecule has 0 spiro atoms. The molecule has 1 aromatic heterocycles. The minimum Gasteiger partial charge on any atom is -0.464 e. The van der Waals surface area contributed by atoms with Gasteiger partial charge in [0.2, 0.25) is 0 Å². The molecule has 0 bridgehead atoms. The zero-order valence-electron chi connectivity index (χ0n) is 7.40. The second-order valence-electron chi connectivity index (χ2n) is 2.56. The maximum Gasteiger partial charge on any atom is 0.435 e. The van der Waals surface area contributed by atoms with Crippen molar-refractivity contribution in [3.05, 3.63) is 17.0 Å². The number of nitrogens with one attached hydrogen (secondary N) is 1. The van der Waals surface area contributed by atoms with Gasteiger partial charge in [-0.2, -0.15) is 18.3 Å². The van der Waals surface area contributed by atoms with Crippen molar-refractivity contribution in [2.45, 2.75) is 13.1 Å². The van der Waals surface area contributed by atoms with Crippen LogP contribution in [0.5, 0.6) is 0 Å². The monoisotopic (exact) mass is 208 g/mol. The molecule has 78 valence electrons. The fourth-order valence-corrected chi connectivity index (χ4v) is 0.975. The number of aromatic amines is 1. The van der Waals surface area contributed by atoms with Crippen LogP contribution >= 0.6 is 0 Å². The van der Waals surface area contributed by atoms with Crippen molar-refractivity contribution in [1.82, 2.24) is 10.2 Å². The Labute approximate surface area is 77.1 Å². The van der Waals surface area contributed by atoms with Crippen LogP contribution in [-0.2, 0) is 10.9 Å². The maximum atomic E-state index is 12.2. The van der Waals surface area contributed by atoms with E-state index in [1.807, 2.05) is 5.10 Å². The molecule has 14 heavy (non-hydrogen) atoms. The third-order valence-electron chi connectivity index (χ3n) is 1.67. The third kappa shape index (κ3) is 1.70. The minimum absolute atomic E-state index is 0.260. The highest BCUT2D eigenvalue weighted by atomic mass is 19.4. The van der Waals surface area contributed by atoms with Crippen molar-refractivity contribution < 1.29 is 22.7 Å². The van der Waals surface area contributed by atoms with Crippen LogP contribution in [0.3, 0.4) is 0 Å². The number of carbonyl (C=O) groups is 1. The molecule has 0 aliphatic rings. The Morgan fingerprint density at radius 1 is 1.50 bits per heavy atom. The molecule has 1 rings (SSSR count). The molecule has 1 heterocycles. The molecule has 0 unspecified atom stereocenters. The Hall–Kier alpha value is -1.53. The minimum atomic E-state index is -4.56. The molecule has 0 saturated carbocycles. The first-order valence-electron chi connectivity index (χ1n) is 3.58. The predicted molar refractivity (Wildman–Crippen MR) is 39.7 cm³/mol. The summed E-state index contributed by atoms with van der Waals surface area (Å²) in [4.78, 5) is 10.9. The third-order valence-corrected chi connectivity index (χ3v) is 1.67. The molecule has 1 N–H and O–H groups in total. The van der Waals surface area contributed by atoms with Crippen molar-refractivity contribution in [3.63, 3.8) is 0 Å². The zero-order chi connectivity index (χ0) is 10.9. The van der Waals surface area contributed by atoms with E-state index in [9.17, 15) is 18.0 Å². The van der Waals surface area contributed by atoms with E-state index in [2.05, 4.69) is 9.84 Å². The van der Waals surface area contributed by atoms with E-state index in [-0.39, 0.29) is 11.3 Å². The zero-order valence-corrected chi connectivity index (χ0v) is 7.40. The number of hydrogen-bond donors (Lipinski definition) is 1. The fraction of sp³-hybridized carbons (Fsp3) is 0.429. The molecule has 7 heteroatoms. The maximum absolute atomic E-state index is 12.2. The Kier molecular flexibility index (Phi) is 2.50. The van der Waals surface area contributed by atoms with Crippen LogP contribution in [-0.4, -0.2) is 23.3 Å². The van der Waals surface area contributed by atoms with Gasteiger partial charge in [-0.25, -0.2) is 4.79 Å². The molecule has 0 atom stereocenters. The van der Waals surface area contributed by atoms with E-state index >= 15 is 0 Å². The Morgan fingerprint density at radius 2 is 2.07 bits per heavy atom. The van der Waals surface area contributed by atoms with E-state index < -0.39 is 17.8 Å². The lowest BCUT2D eigenvalue weighted by molar-refractivity contribution is -0.141. The average molecular weight is 208 g/mol. The van der Waals surface area contributed by atoms with E-state index in [1.54, 1.807) is 0 Å². The number of ether oxygens (including phenoxy) is 1. The normalized spacial score (nSPS) is 11.5. The van der Waals surface area contributed by atoms with Gasteiger partial charge < -0.3 is 4.74 Å². The van der Waals surface area contributed by atoms with Crippen LogP contribution in [0, 0.1) is 6.92 Å². The summed E-state index contributed by atoms with van der Waals surface area (Å²) in [5.74, 6) is -0.870.